The van der Waals surface area contributed by atoms with Crippen LogP contribution in [0.4, 0.5) is 4.39 Å². The predicted molar refractivity (Wildman–Crippen MR) is 65.0 cm³/mol. The molecule has 3 N–H and O–H groups in total. The maximum absolute atomic E-state index is 13.0. The first-order valence-electron chi connectivity index (χ1n) is 5.37. The molecule has 0 radical (unpaired) electrons. The van der Waals surface area contributed by atoms with Crippen LogP contribution in [-0.4, -0.2) is 39.1 Å². The van der Waals surface area contributed by atoms with E-state index in [1.165, 1.54) is 0 Å². The Bertz CT molecular complexity index is 552. The maximum atomic E-state index is 13.0. The van der Waals surface area contributed by atoms with Gasteiger partial charge in [0.05, 0.1) is 11.8 Å². The second-order valence-electron chi connectivity index (χ2n) is 3.79. The molecule has 20 heavy (non-hydrogen) atoms. The highest BCUT2D eigenvalue weighted by molar-refractivity contribution is 6.32. The van der Waals surface area contributed by atoms with Gasteiger partial charge in [-0.05, 0) is 12.5 Å². The van der Waals surface area contributed by atoms with Crippen molar-refractivity contribution in [2.75, 3.05) is 0 Å². The van der Waals surface area contributed by atoms with Gasteiger partial charge in [0.25, 0.3) is 5.91 Å². The van der Waals surface area contributed by atoms with Crippen LogP contribution in [0.15, 0.2) is 12.3 Å². The van der Waals surface area contributed by atoms with Gasteiger partial charge in [0.1, 0.15) is 17.0 Å². The number of carbonyl (C=O) groups excluding carboxylic acids is 1. The summed E-state index contributed by atoms with van der Waals surface area (Å²) in [6.07, 6.45) is 0.0569. The van der Waals surface area contributed by atoms with Gasteiger partial charge in [-0.25, -0.2) is 14.2 Å². The standard InChI is InChI=1S/C11H10ClFN2O5/c12-9-6(3-5(13)4-14-9)10(18)15-7(11(19)20)1-2-8(16)17/h3-4,7H,1-2H2,(H,15,18)(H,16,17)(H,19,20)/t7-/m0/s1. The van der Waals surface area contributed by atoms with Crippen LogP contribution < -0.4 is 5.32 Å². The molecule has 0 aliphatic rings. The Morgan fingerprint density at radius 1 is 1.40 bits per heavy atom. The van der Waals surface area contributed by atoms with Crippen molar-refractivity contribution in [1.82, 2.24) is 10.3 Å². The highest BCUT2D eigenvalue weighted by Crippen LogP contribution is 2.14. The first kappa shape index (κ1) is 15.8. The zero-order valence-corrected chi connectivity index (χ0v) is 10.7. The second-order valence-corrected chi connectivity index (χ2v) is 4.15. The summed E-state index contributed by atoms with van der Waals surface area (Å²) in [6.45, 7) is 0. The number of hydrogen-bond donors (Lipinski definition) is 3. The SMILES string of the molecule is O=C(O)CC[C@H](NC(=O)c1cc(F)cnc1Cl)C(=O)O. The third-order valence-electron chi connectivity index (χ3n) is 2.30. The number of nitrogens with zero attached hydrogens (tertiary/aromatic N) is 1. The second kappa shape index (κ2) is 6.80. The molecule has 0 fully saturated rings. The van der Waals surface area contributed by atoms with E-state index in [4.69, 9.17) is 21.8 Å². The number of carbonyl (C=O) groups is 3. The summed E-state index contributed by atoms with van der Waals surface area (Å²) in [5.74, 6) is -4.35. The number of halogens is 2. The molecule has 9 heteroatoms. The lowest BCUT2D eigenvalue weighted by atomic mass is 10.1. The van der Waals surface area contributed by atoms with Gasteiger partial charge >= 0.3 is 11.9 Å². The minimum atomic E-state index is -1.42. The fraction of sp³-hybridized carbons (Fsp3) is 0.273. The molecular weight excluding hydrogens is 295 g/mol. The van der Waals surface area contributed by atoms with E-state index >= 15 is 0 Å². The van der Waals surface area contributed by atoms with Crippen molar-refractivity contribution in [3.63, 3.8) is 0 Å². The Balaban J connectivity index is 2.82. The van der Waals surface area contributed by atoms with Crippen LogP contribution in [0.1, 0.15) is 23.2 Å². The Morgan fingerprint density at radius 3 is 2.60 bits per heavy atom. The molecule has 0 aliphatic carbocycles. The molecule has 1 aromatic rings. The number of aromatic nitrogens is 1. The smallest absolute Gasteiger partial charge is 0.326 e. The lowest BCUT2D eigenvalue weighted by Crippen LogP contribution is -2.41. The maximum Gasteiger partial charge on any atom is 0.326 e. The van der Waals surface area contributed by atoms with Crippen LogP contribution in [0.2, 0.25) is 5.15 Å². The average Bonchev–Trinajstić information content (AvgIpc) is 2.36. The molecule has 1 heterocycles. The van der Waals surface area contributed by atoms with Crippen LogP contribution in [0.25, 0.3) is 0 Å². The van der Waals surface area contributed by atoms with Gasteiger partial charge in [-0.2, -0.15) is 0 Å². The van der Waals surface area contributed by atoms with Crippen LogP contribution >= 0.6 is 11.6 Å². The highest BCUT2D eigenvalue weighted by atomic mass is 35.5. The largest absolute Gasteiger partial charge is 0.481 e. The molecule has 0 saturated carbocycles. The van der Waals surface area contributed by atoms with Gasteiger partial charge in [-0.15, -0.1) is 0 Å². The minimum Gasteiger partial charge on any atom is -0.481 e. The third kappa shape index (κ3) is 4.47. The Hall–Kier alpha value is -2.22. The molecule has 108 valence electrons. The zero-order valence-electron chi connectivity index (χ0n) is 9.97. The Morgan fingerprint density at radius 2 is 2.05 bits per heavy atom. The van der Waals surface area contributed by atoms with E-state index in [2.05, 4.69) is 10.3 Å². The summed E-state index contributed by atoms with van der Waals surface area (Å²) in [6, 6.07) is -0.612. The fourth-order valence-electron chi connectivity index (χ4n) is 1.34. The quantitative estimate of drug-likeness (QED) is 0.673. The number of rotatable bonds is 6. The van der Waals surface area contributed by atoms with Crippen LogP contribution in [-0.2, 0) is 9.59 Å². The van der Waals surface area contributed by atoms with E-state index < -0.39 is 36.1 Å². The summed E-state index contributed by atoms with van der Waals surface area (Å²) < 4.78 is 13.0. The van der Waals surface area contributed by atoms with Crippen molar-refractivity contribution in [3.05, 3.63) is 28.8 Å². The van der Waals surface area contributed by atoms with E-state index in [-0.39, 0.29) is 17.1 Å². The minimum absolute atomic E-state index is 0.286. The van der Waals surface area contributed by atoms with Crippen LogP contribution in [0, 0.1) is 5.82 Å². The molecule has 1 aromatic heterocycles. The molecule has 1 amide bonds. The van der Waals surface area contributed by atoms with Crippen LogP contribution in [0.3, 0.4) is 0 Å². The van der Waals surface area contributed by atoms with Crippen LogP contribution in [0.5, 0.6) is 0 Å². The Kier molecular flexibility index (Phi) is 5.39. The van der Waals surface area contributed by atoms with Gasteiger partial charge in [0.15, 0.2) is 0 Å². The number of hydrogen-bond acceptors (Lipinski definition) is 4. The normalized spacial score (nSPS) is 11.7. The molecule has 1 rings (SSSR count). The first-order chi connectivity index (χ1) is 9.31. The van der Waals surface area contributed by atoms with Gasteiger partial charge < -0.3 is 15.5 Å². The number of carboxylic acid groups (broad SMARTS) is 2. The molecule has 1 atom stereocenters. The average molecular weight is 305 g/mol. The fourth-order valence-corrected chi connectivity index (χ4v) is 1.53. The van der Waals surface area contributed by atoms with E-state index in [9.17, 15) is 18.8 Å². The topological polar surface area (TPSA) is 117 Å². The van der Waals surface area contributed by atoms with Crippen molar-refractivity contribution in [2.45, 2.75) is 18.9 Å². The predicted octanol–water partition coefficient (Wildman–Crippen LogP) is 0.922. The summed E-state index contributed by atoms with van der Waals surface area (Å²) in [7, 11) is 0. The molecule has 0 saturated heterocycles. The molecule has 7 nitrogen and oxygen atoms in total. The third-order valence-corrected chi connectivity index (χ3v) is 2.60. The summed E-state index contributed by atoms with van der Waals surface area (Å²) >= 11 is 5.60. The van der Waals surface area contributed by atoms with E-state index in [0.29, 0.717) is 0 Å². The molecular formula is C11H10ClFN2O5. The van der Waals surface area contributed by atoms with Crippen molar-refractivity contribution in [3.8, 4) is 0 Å². The van der Waals surface area contributed by atoms with Crippen molar-refractivity contribution in [2.24, 2.45) is 0 Å². The molecule has 0 unspecified atom stereocenters. The Labute approximate surface area is 117 Å². The van der Waals surface area contributed by atoms with Gasteiger partial charge in [-0.3, -0.25) is 9.59 Å². The number of nitrogens with one attached hydrogen (secondary N) is 1. The monoisotopic (exact) mass is 304 g/mol. The lowest BCUT2D eigenvalue weighted by Gasteiger charge is -2.13. The molecule has 0 bridgehead atoms. The zero-order chi connectivity index (χ0) is 15.3. The van der Waals surface area contributed by atoms with E-state index in [1.54, 1.807) is 0 Å². The van der Waals surface area contributed by atoms with E-state index in [1.807, 2.05) is 0 Å². The molecule has 0 aliphatic heterocycles. The van der Waals surface area contributed by atoms with E-state index in [0.717, 1.165) is 12.3 Å². The first-order valence-corrected chi connectivity index (χ1v) is 5.75. The van der Waals surface area contributed by atoms with Gasteiger partial charge in [0.2, 0.25) is 0 Å². The number of aliphatic carboxylic acids is 2. The molecule has 0 spiro atoms. The number of carboxylic acids is 2. The van der Waals surface area contributed by atoms with Gasteiger partial charge in [-0.1, -0.05) is 11.6 Å². The molecule has 0 aromatic carbocycles. The summed E-state index contributed by atoms with van der Waals surface area (Å²) in [4.78, 5) is 36.5. The summed E-state index contributed by atoms with van der Waals surface area (Å²) in [5, 5.41) is 19.1. The number of pyridine rings is 1. The summed E-state index contributed by atoms with van der Waals surface area (Å²) in [5.41, 5.74) is -0.326. The van der Waals surface area contributed by atoms with Gasteiger partial charge in [0, 0.05) is 6.42 Å². The highest BCUT2D eigenvalue weighted by Gasteiger charge is 2.23. The van der Waals surface area contributed by atoms with Crippen molar-refractivity contribution in [1.29, 1.82) is 0 Å². The lowest BCUT2D eigenvalue weighted by molar-refractivity contribution is -0.140. The van der Waals surface area contributed by atoms with Crippen molar-refractivity contribution >= 4 is 29.4 Å². The van der Waals surface area contributed by atoms with Crippen molar-refractivity contribution < 1.29 is 29.0 Å². The number of amides is 1.